The van der Waals surface area contributed by atoms with Crippen LogP contribution >= 0.6 is 0 Å². The van der Waals surface area contributed by atoms with Crippen LogP contribution in [-0.2, 0) is 14.9 Å². The van der Waals surface area contributed by atoms with Crippen LogP contribution in [0, 0.1) is 0 Å². The number of anilines is 4. The second-order valence-electron chi connectivity index (χ2n) is 13.0. The number of amides is 2. The summed E-state index contributed by atoms with van der Waals surface area (Å²) in [6.07, 6.45) is 3.42. The summed E-state index contributed by atoms with van der Waals surface area (Å²) in [5.41, 5.74) is 9.65. The first-order chi connectivity index (χ1) is 22.2. The molecule has 13 heteroatoms. The van der Waals surface area contributed by atoms with Crippen molar-refractivity contribution in [2.45, 2.75) is 37.3 Å². The number of carbonyl (C=O) groups is 2. The highest BCUT2D eigenvalue weighted by Gasteiger charge is 2.35. The lowest BCUT2D eigenvalue weighted by Gasteiger charge is -2.38. The molecule has 4 aromatic rings. The maximum Gasteiger partial charge on any atom is 0.251 e. The molecule has 7 rings (SSSR count). The molecule has 2 aromatic carbocycles. The number of hydrogen-bond acceptors (Lipinski definition) is 10. The molecule has 0 radical (unpaired) electrons. The Kier molecular flexibility index (Phi) is 7.73. The van der Waals surface area contributed by atoms with E-state index in [0.717, 1.165) is 43.7 Å². The Labute approximate surface area is 267 Å². The number of nitrogens with zero attached hydrogens (tertiary/aromatic N) is 7. The van der Waals surface area contributed by atoms with E-state index in [1.165, 1.54) is 5.56 Å². The normalized spacial score (nSPS) is 21.7. The molecular formula is C33H40N10O3. The first-order valence-corrected chi connectivity index (χ1v) is 15.8. The van der Waals surface area contributed by atoms with Gasteiger partial charge in [-0.05, 0) is 55.3 Å². The number of nitrogens with two attached hydrogens (primary N) is 1. The first-order valence-electron chi connectivity index (χ1n) is 15.8. The van der Waals surface area contributed by atoms with Crippen molar-refractivity contribution in [3.8, 4) is 0 Å². The number of nitrogen functional groups attached to an aromatic ring is 1. The van der Waals surface area contributed by atoms with E-state index in [1.54, 1.807) is 15.5 Å². The topological polar surface area (TPSA) is 146 Å². The fourth-order valence-corrected chi connectivity index (χ4v) is 6.48. The number of piperidine rings is 1. The van der Waals surface area contributed by atoms with Crippen LogP contribution in [0.25, 0.3) is 5.78 Å². The number of carbonyl (C=O) groups excluding carboxylic acids is 2. The largest absolute Gasteiger partial charge is 0.382 e. The number of rotatable bonds is 7. The molecular weight excluding hydrogens is 584 g/mol. The van der Waals surface area contributed by atoms with Crippen LogP contribution in [0.1, 0.15) is 47.3 Å². The van der Waals surface area contributed by atoms with E-state index < -0.39 is 0 Å². The summed E-state index contributed by atoms with van der Waals surface area (Å²) in [5, 5.41) is 6.60. The van der Waals surface area contributed by atoms with Gasteiger partial charge in [-0.2, -0.15) is 15.0 Å². The molecule has 2 atom stereocenters. The summed E-state index contributed by atoms with van der Waals surface area (Å²) in [4.78, 5) is 46.0. The molecule has 46 heavy (non-hydrogen) atoms. The van der Waals surface area contributed by atoms with Gasteiger partial charge in [0, 0.05) is 55.9 Å². The van der Waals surface area contributed by atoms with E-state index in [1.807, 2.05) is 62.6 Å². The van der Waals surface area contributed by atoms with E-state index in [2.05, 4.69) is 32.3 Å². The minimum absolute atomic E-state index is 0.0281. The Bertz CT molecular complexity index is 1750. The highest BCUT2D eigenvalue weighted by Crippen LogP contribution is 2.32. The van der Waals surface area contributed by atoms with Crippen molar-refractivity contribution in [2.75, 3.05) is 69.4 Å². The van der Waals surface area contributed by atoms with Gasteiger partial charge in [0.1, 0.15) is 11.9 Å². The van der Waals surface area contributed by atoms with Gasteiger partial charge in [0.25, 0.3) is 5.91 Å². The molecule has 3 aliphatic rings. The highest BCUT2D eigenvalue weighted by atomic mass is 16.5. The average molecular weight is 625 g/mol. The number of likely N-dealkylation sites (N-methyl/N-ethyl adjacent to an activating group) is 2. The van der Waals surface area contributed by atoms with Crippen molar-refractivity contribution < 1.29 is 14.3 Å². The molecule has 13 nitrogen and oxygen atoms in total. The monoisotopic (exact) mass is 624 g/mol. The van der Waals surface area contributed by atoms with Gasteiger partial charge in [-0.15, -0.1) is 0 Å². The average Bonchev–Trinajstić information content (AvgIpc) is 3.43. The molecule has 2 amide bonds. The molecule has 240 valence electrons. The van der Waals surface area contributed by atoms with Gasteiger partial charge in [-0.1, -0.05) is 31.2 Å². The molecule has 5 heterocycles. The summed E-state index contributed by atoms with van der Waals surface area (Å²) in [6.45, 7) is 6.45. The molecule has 3 aliphatic heterocycles. The Morgan fingerprint density at radius 1 is 1.00 bits per heavy atom. The van der Waals surface area contributed by atoms with E-state index in [0.29, 0.717) is 48.8 Å². The van der Waals surface area contributed by atoms with Gasteiger partial charge in [-0.3, -0.25) is 18.9 Å². The minimum atomic E-state index is -0.309. The molecule has 4 N–H and O–H groups in total. The predicted molar refractivity (Wildman–Crippen MR) is 175 cm³/mol. The van der Waals surface area contributed by atoms with E-state index >= 15 is 0 Å². The van der Waals surface area contributed by atoms with Crippen LogP contribution in [0.5, 0.6) is 0 Å². The Morgan fingerprint density at radius 3 is 2.48 bits per heavy atom. The van der Waals surface area contributed by atoms with Gasteiger partial charge in [0.05, 0.1) is 19.4 Å². The minimum Gasteiger partial charge on any atom is -0.382 e. The van der Waals surface area contributed by atoms with Crippen LogP contribution in [0.3, 0.4) is 0 Å². The SMILES string of the molecule is CN1CCN(C)C(c2ccc(Nc3nc(N4CCCC(NC(=O)c5ccc(C6(C)COC6)cc5)C4)nc4nc(N)cn34)cc2)C1=O. The molecule has 0 spiro atoms. The molecule has 2 aromatic heterocycles. The number of aromatic nitrogens is 4. The van der Waals surface area contributed by atoms with Crippen LogP contribution in [0.15, 0.2) is 54.7 Å². The maximum atomic E-state index is 13.2. The fraction of sp³-hybridized carbons (Fsp3) is 0.424. The smallest absolute Gasteiger partial charge is 0.251 e. The second kappa shape index (κ2) is 11.9. The molecule has 0 saturated carbocycles. The number of ether oxygens (including phenoxy) is 1. The summed E-state index contributed by atoms with van der Waals surface area (Å²) >= 11 is 0. The molecule has 0 aliphatic carbocycles. The lowest BCUT2D eigenvalue weighted by molar-refractivity contribution is -0.139. The number of piperazine rings is 1. The van der Waals surface area contributed by atoms with Gasteiger partial charge in [-0.25, -0.2) is 0 Å². The zero-order valence-electron chi connectivity index (χ0n) is 26.4. The maximum absolute atomic E-state index is 13.2. The summed E-state index contributed by atoms with van der Waals surface area (Å²) in [7, 11) is 3.82. The summed E-state index contributed by atoms with van der Waals surface area (Å²) in [6, 6.07) is 15.3. The third-order valence-corrected chi connectivity index (χ3v) is 9.39. The van der Waals surface area contributed by atoms with Crippen molar-refractivity contribution in [2.24, 2.45) is 0 Å². The Hall–Kier alpha value is -4.75. The quantitative estimate of drug-likeness (QED) is 0.280. The van der Waals surface area contributed by atoms with Crippen LogP contribution < -0.4 is 21.3 Å². The van der Waals surface area contributed by atoms with Crippen molar-refractivity contribution >= 4 is 41.0 Å². The van der Waals surface area contributed by atoms with Crippen LogP contribution in [-0.4, -0.2) is 100 Å². The van der Waals surface area contributed by atoms with E-state index in [9.17, 15) is 9.59 Å². The van der Waals surface area contributed by atoms with Gasteiger partial charge in [0.15, 0.2) is 0 Å². The lowest BCUT2D eigenvalue weighted by atomic mass is 9.80. The van der Waals surface area contributed by atoms with Crippen LogP contribution in [0.4, 0.5) is 23.4 Å². The Balaban J connectivity index is 1.06. The zero-order chi connectivity index (χ0) is 32.0. The van der Waals surface area contributed by atoms with Crippen molar-refractivity contribution in [3.63, 3.8) is 0 Å². The summed E-state index contributed by atoms with van der Waals surface area (Å²) in [5.74, 6) is 1.78. The molecule has 3 fully saturated rings. The molecule has 3 saturated heterocycles. The van der Waals surface area contributed by atoms with Gasteiger partial charge >= 0.3 is 0 Å². The molecule has 2 unspecified atom stereocenters. The van der Waals surface area contributed by atoms with Gasteiger partial charge in [0.2, 0.25) is 23.6 Å². The van der Waals surface area contributed by atoms with Crippen LogP contribution in [0.2, 0.25) is 0 Å². The lowest BCUT2D eigenvalue weighted by Crippen LogP contribution is -2.48. The second-order valence-corrected chi connectivity index (χ2v) is 13.0. The molecule has 0 bridgehead atoms. The van der Waals surface area contributed by atoms with E-state index in [-0.39, 0.29) is 29.3 Å². The third-order valence-electron chi connectivity index (χ3n) is 9.39. The zero-order valence-corrected chi connectivity index (χ0v) is 26.4. The van der Waals surface area contributed by atoms with E-state index in [4.69, 9.17) is 20.4 Å². The Morgan fingerprint density at radius 2 is 1.76 bits per heavy atom. The summed E-state index contributed by atoms with van der Waals surface area (Å²) < 4.78 is 7.12. The van der Waals surface area contributed by atoms with Crippen molar-refractivity contribution in [1.29, 1.82) is 0 Å². The third kappa shape index (κ3) is 5.71. The highest BCUT2D eigenvalue weighted by molar-refractivity contribution is 5.94. The van der Waals surface area contributed by atoms with Gasteiger partial charge < -0.3 is 30.9 Å². The van der Waals surface area contributed by atoms with Crippen molar-refractivity contribution in [3.05, 3.63) is 71.4 Å². The number of hydrogen-bond donors (Lipinski definition) is 3. The number of benzene rings is 2. The number of nitrogens with one attached hydrogen (secondary N) is 2. The number of imidazole rings is 1. The number of fused-ring (bicyclic) bond motifs is 1. The first kappa shape index (κ1) is 29.9. The fourth-order valence-electron chi connectivity index (χ4n) is 6.48. The van der Waals surface area contributed by atoms with Crippen molar-refractivity contribution in [1.82, 2.24) is 34.5 Å². The predicted octanol–water partition coefficient (Wildman–Crippen LogP) is 2.58. The standard InChI is InChI=1S/C33H40N10O3/c1-33(19-46-20-33)23-10-6-22(7-11-23)28(44)35-25-5-4-14-42(17-25)30-38-31(43-18-26(34)37-32(43)39-30)36-24-12-8-21(9-13-24)27-29(45)41(3)16-15-40(27)2/h6-13,18,25,27H,4-5,14-17,19-20,34H2,1-3H3,(H,35,44)(H,36,37,38,39).